The van der Waals surface area contributed by atoms with Crippen molar-refractivity contribution in [2.75, 3.05) is 0 Å². The maximum absolute atomic E-state index is 13.7. The fourth-order valence-electron chi connectivity index (χ4n) is 1.48. The van der Waals surface area contributed by atoms with Gasteiger partial charge in [-0.15, -0.1) is 0 Å². The van der Waals surface area contributed by atoms with Crippen molar-refractivity contribution in [2.24, 2.45) is 0 Å². The lowest BCUT2D eigenvalue weighted by molar-refractivity contribution is -0.137. The first-order valence-corrected chi connectivity index (χ1v) is 6.48. The van der Waals surface area contributed by atoms with Crippen LogP contribution in [-0.2, 0) is 9.59 Å². The molecule has 0 aliphatic heterocycles. The second-order valence-corrected chi connectivity index (χ2v) is 4.31. The Morgan fingerprint density at radius 2 is 1.35 bits per heavy atom. The summed E-state index contributed by atoms with van der Waals surface area (Å²) in [6.45, 7) is 3.49. The lowest BCUT2D eigenvalue weighted by atomic mass is 10.1. The van der Waals surface area contributed by atoms with E-state index in [9.17, 15) is 14.0 Å². The first kappa shape index (κ1) is 17.8. The minimum absolute atomic E-state index is 0.0581. The molecule has 1 unspecified atom stereocenters. The Morgan fingerprint density at radius 1 is 1.00 bits per heavy atom. The van der Waals surface area contributed by atoms with Gasteiger partial charge in [0.25, 0.3) is 18.0 Å². The molecule has 0 aromatic rings. The molecule has 0 radical (unpaired) electrons. The third-order valence-corrected chi connectivity index (χ3v) is 2.81. The summed E-state index contributed by atoms with van der Waals surface area (Å²) >= 11 is 0. The molecule has 2 N–H and O–H groups in total. The second kappa shape index (κ2) is 9.74. The van der Waals surface area contributed by atoms with E-state index in [-0.39, 0.29) is 12.8 Å². The third kappa shape index (κ3) is 6.14. The number of nitriles is 2. The average Bonchev–Trinajstić information content (AvgIpc) is 2.44. The Kier molecular flexibility index (Phi) is 8.69. The van der Waals surface area contributed by atoms with Crippen molar-refractivity contribution in [3.63, 3.8) is 0 Å². The summed E-state index contributed by atoms with van der Waals surface area (Å²) in [4.78, 5) is 23.1. The third-order valence-electron chi connectivity index (χ3n) is 2.81. The largest absolute Gasteiger partial charge is 0.349 e. The number of alkyl halides is 1. The van der Waals surface area contributed by atoms with Crippen LogP contribution in [0, 0.1) is 22.7 Å². The molecule has 0 rings (SSSR count). The van der Waals surface area contributed by atoms with Crippen molar-refractivity contribution in [2.45, 2.75) is 57.8 Å². The van der Waals surface area contributed by atoms with Crippen molar-refractivity contribution < 1.29 is 14.0 Å². The van der Waals surface area contributed by atoms with Crippen molar-refractivity contribution in [1.82, 2.24) is 10.6 Å². The minimum Gasteiger partial charge on any atom is -0.349 e. The van der Waals surface area contributed by atoms with E-state index in [0.29, 0.717) is 12.8 Å². The maximum Gasteiger partial charge on any atom is 0.264 e. The zero-order valence-electron chi connectivity index (χ0n) is 11.6. The van der Waals surface area contributed by atoms with E-state index in [1.165, 1.54) is 0 Å². The van der Waals surface area contributed by atoms with Crippen LogP contribution in [0.5, 0.6) is 0 Å². The highest BCUT2D eigenvalue weighted by Crippen LogP contribution is 2.02. The number of nitrogens with one attached hydrogen (secondary N) is 2. The van der Waals surface area contributed by atoms with Gasteiger partial charge in [0.1, 0.15) is 0 Å². The average molecular weight is 282 g/mol. The Hall–Kier alpha value is -2.15. The molecule has 0 spiro atoms. The summed E-state index contributed by atoms with van der Waals surface area (Å²) in [6, 6.07) is 2.81. The zero-order chi connectivity index (χ0) is 15.5. The fraction of sp³-hybridized carbons (Fsp3) is 0.692. The minimum atomic E-state index is -2.34. The fourth-order valence-corrected chi connectivity index (χ4v) is 1.48. The predicted molar refractivity (Wildman–Crippen MR) is 69.8 cm³/mol. The Morgan fingerprint density at radius 3 is 1.60 bits per heavy atom. The normalized spacial score (nSPS) is 14.2. The molecule has 0 aromatic carbocycles. The highest BCUT2D eigenvalue weighted by molar-refractivity contribution is 6.03. The molecule has 0 aliphatic carbocycles. The zero-order valence-corrected chi connectivity index (χ0v) is 11.6. The van der Waals surface area contributed by atoms with Crippen LogP contribution in [0.1, 0.15) is 39.5 Å². The molecule has 0 fully saturated rings. The summed E-state index contributed by atoms with van der Waals surface area (Å²) in [5.41, 5.74) is 0. The van der Waals surface area contributed by atoms with Crippen LogP contribution in [0.2, 0.25) is 0 Å². The molecule has 6 nitrogen and oxygen atoms in total. The van der Waals surface area contributed by atoms with Crippen molar-refractivity contribution in [3.05, 3.63) is 0 Å². The monoisotopic (exact) mass is 282 g/mol. The van der Waals surface area contributed by atoms with Crippen LogP contribution in [0.25, 0.3) is 0 Å². The van der Waals surface area contributed by atoms with Crippen molar-refractivity contribution in [3.8, 4) is 12.1 Å². The first-order valence-electron chi connectivity index (χ1n) is 6.48. The van der Waals surface area contributed by atoms with Gasteiger partial charge in [-0.1, -0.05) is 13.8 Å². The Labute approximate surface area is 117 Å². The highest BCUT2D eigenvalue weighted by atomic mass is 19.1. The van der Waals surface area contributed by atoms with Crippen molar-refractivity contribution >= 4 is 11.8 Å². The molecule has 20 heavy (non-hydrogen) atoms. The van der Waals surface area contributed by atoms with E-state index in [0.717, 1.165) is 0 Å². The van der Waals surface area contributed by atoms with Gasteiger partial charge in [-0.3, -0.25) is 9.59 Å². The Bertz CT molecular complexity index is 376. The van der Waals surface area contributed by atoms with Gasteiger partial charge in [-0.05, 0) is 12.8 Å². The van der Waals surface area contributed by atoms with E-state index in [4.69, 9.17) is 10.5 Å². The van der Waals surface area contributed by atoms with Crippen molar-refractivity contribution in [1.29, 1.82) is 10.5 Å². The molecule has 0 heterocycles. The van der Waals surface area contributed by atoms with E-state index in [1.54, 1.807) is 13.8 Å². The van der Waals surface area contributed by atoms with E-state index in [2.05, 4.69) is 10.6 Å². The van der Waals surface area contributed by atoms with Gasteiger partial charge >= 0.3 is 0 Å². The molecule has 0 aromatic heterocycles. The van der Waals surface area contributed by atoms with Crippen LogP contribution in [-0.4, -0.2) is 30.1 Å². The van der Waals surface area contributed by atoms with E-state index >= 15 is 0 Å². The number of carbonyl (C=O) groups excluding carboxylic acids is 2. The molecule has 0 saturated carbocycles. The Balaban J connectivity index is 4.46. The number of hydrogen-bond donors (Lipinski definition) is 2. The molecule has 0 saturated heterocycles. The maximum atomic E-state index is 13.7. The predicted octanol–water partition coefficient (Wildman–Crippen LogP) is 0.941. The van der Waals surface area contributed by atoms with Crippen LogP contribution in [0.4, 0.5) is 4.39 Å². The summed E-state index contributed by atoms with van der Waals surface area (Å²) in [5.74, 6) is -2.12. The number of hydrogen-bond acceptors (Lipinski definition) is 4. The summed E-state index contributed by atoms with van der Waals surface area (Å²) in [5, 5.41) is 21.7. The number of carbonyl (C=O) groups is 2. The smallest absolute Gasteiger partial charge is 0.264 e. The lowest BCUT2D eigenvalue weighted by Crippen LogP contribution is -2.48. The van der Waals surface area contributed by atoms with E-state index < -0.39 is 30.1 Å². The molecule has 110 valence electrons. The molecule has 7 heteroatoms. The van der Waals surface area contributed by atoms with Crippen LogP contribution in [0.15, 0.2) is 0 Å². The van der Waals surface area contributed by atoms with Crippen LogP contribution in [0.3, 0.4) is 0 Å². The summed E-state index contributed by atoms with van der Waals surface area (Å²) in [6.07, 6.45) is -1.28. The van der Waals surface area contributed by atoms with E-state index in [1.807, 2.05) is 12.1 Å². The van der Waals surface area contributed by atoms with Gasteiger partial charge in [-0.2, -0.15) is 10.5 Å². The number of halogens is 1. The van der Waals surface area contributed by atoms with Gasteiger partial charge in [0.2, 0.25) is 0 Å². The highest BCUT2D eigenvalue weighted by Gasteiger charge is 2.28. The standard InChI is InChI=1S/C13H19FN4O2/c1-3-9(5-7-15)17-12(19)11(14)13(20)18-10(4-2)6-8-16/h9-11H,3-6H2,1-2H3,(H,17,19)(H,18,20)/t9-,10+,11?. The molecular formula is C13H19FN4O2. The number of nitrogens with zero attached hydrogens (tertiary/aromatic N) is 2. The lowest BCUT2D eigenvalue weighted by Gasteiger charge is -2.18. The second-order valence-electron chi connectivity index (χ2n) is 4.31. The molecule has 2 amide bonds. The van der Waals surface area contributed by atoms with Crippen LogP contribution < -0.4 is 10.6 Å². The first-order chi connectivity index (χ1) is 9.49. The summed E-state index contributed by atoms with van der Waals surface area (Å²) in [7, 11) is 0. The van der Waals surface area contributed by atoms with Gasteiger partial charge < -0.3 is 10.6 Å². The SMILES string of the molecule is CC[C@H](CC#N)NC(=O)C(F)C(=O)N[C@@H](CC)CC#N. The van der Waals surface area contributed by atoms with Gasteiger partial charge in [-0.25, -0.2) is 4.39 Å². The topological polar surface area (TPSA) is 106 Å². The molecule has 0 bridgehead atoms. The molecule has 0 aliphatic rings. The quantitative estimate of drug-likeness (QED) is 0.646. The summed E-state index contributed by atoms with van der Waals surface area (Å²) < 4.78 is 13.7. The number of amides is 2. The van der Waals surface area contributed by atoms with Crippen LogP contribution >= 0.6 is 0 Å². The van der Waals surface area contributed by atoms with Gasteiger partial charge in [0.05, 0.1) is 25.0 Å². The van der Waals surface area contributed by atoms with Gasteiger partial charge in [0, 0.05) is 12.1 Å². The number of rotatable bonds is 8. The molecular weight excluding hydrogens is 263 g/mol. The van der Waals surface area contributed by atoms with Gasteiger partial charge in [0.15, 0.2) is 0 Å². The molecule has 3 atom stereocenters.